The molecule has 4 rings (SSSR count). The van der Waals surface area contributed by atoms with Gasteiger partial charge in [-0.15, -0.1) is 0 Å². The standard InChI is InChI=1S/C27H35N3O7/c1-16-17(2)26(34)37-25-18(3)21(8-7-20(16)25)36-15-23(32)28-12-22(31)29-13-24(33)30-11-10-27(35)9-5-4-6-19(27)14-30/h7-8,19,35H,4-6,9-15H2,1-3H3,(H,28,32)(H,29,31)/t19-,27+/m0/s1. The lowest BCUT2D eigenvalue weighted by Gasteiger charge is -2.47. The SMILES string of the molecule is Cc1c(C)c2ccc(OCC(=O)NCC(=O)NCC(=O)N3CC[C@]4(O)CCCC[C@H]4C3)c(C)c2oc1=O. The molecule has 10 heteroatoms. The maximum atomic E-state index is 12.6. The Hall–Kier alpha value is -3.40. The minimum atomic E-state index is -0.665. The third-order valence-corrected chi connectivity index (χ3v) is 7.85. The van der Waals surface area contributed by atoms with Crippen LogP contribution in [-0.4, -0.2) is 66.1 Å². The molecule has 2 atom stereocenters. The van der Waals surface area contributed by atoms with E-state index in [9.17, 15) is 24.3 Å². The minimum absolute atomic E-state index is 0.0874. The number of nitrogens with one attached hydrogen (secondary N) is 2. The molecule has 1 aromatic carbocycles. The van der Waals surface area contributed by atoms with Crippen molar-refractivity contribution in [3.8, 4) is 5.75 Å². The molecule has 0 radical (unpaired) electrons. The topological polar surface area (TPSA) is 138 Å². The van der Waals surface area contributed by atoms with Crippen LogP contribution < -0.4 is 21.0 Å². The summed E-state index contributed by atoms with van der Waals surface area (Å²) in [6, 6.07) is 3.49. The molecule has 1 saturated carbocycles. The van der Waals surface area contributed by atoms with Crippen molar-refractivity contribution in [2.75, 3.05) is 32.8 Å². The van der Waals surface area contributed by atoms with E-state index in [0.29, 0.717) is 42.0 Å². The van der Waals surface area contributed by atoms with Gasteiger partial charge in [0.2, 0.25) is 11.8 Å². The Kier molecular flexibility index (Phi) is 7.87. The molecule has 1 aromatic heterocycles. The van der Waals surface area contributed by atoms with E-state index in [1.54, 1.807) is 30.9 Å². The number of rotatable bonds is 7. The number of fused-ring (bicyclic) bond motifs is 2. The van der Waals surface area contributed by atoms with Gasteiger partial charge in [-0.3, -0.25) is 14.4 Å². The van der Waals surface area contributed by atoms with Crippen LogP contribution in [0.25, 0.3) is 11.0 Å². The summed E-state index contributed by atoms with van der Waals surface area (Å²) in [7, 11) is 0. The lowest BCUT2D eigenvalue weighted by atomic mass is 9.71. The Balaban J connectivity index is 1.21. The Labute approximate surface area is 215 Å². The third kappa shape index (κ3) is 5.79. The van der Waals surface area contributed by atoms with Crippen molar-refractivity contribution in [1.82, 2.24) is 15.5 Å². The number of nitrogens with zero attached hydrogens (tertiary/aromatic N) is 1. The largest absolute Gasteiger partial charge is 0.483 e. The summed E-state index contributed by atoms with van der Waals surface area (Å²) in [5, 5.41) is 16.6. The van der Waals surface area contributed by atoms with Crippen molar-refractivity contribution in [2.24, 2.45) is 5.92 Å². The molecule has 1 saturated heterocycles. The smallest absolute Gasteiger partial charge is 0.339 e. The fourth-order valence-corrected chi connectivity index (χ4v) is 5.30. The first-order chi connectivity index (χ1) is 17.6. The third-order valence-electron chi connectivity index (χ3n) is 7.85. The molecule has 200 valence electrons. The first-order valence-electron chi connectivity index (χ1n) is 12.8. The summed E-state index contributed by atoms with van der Waals surface area (Å²) in [6.45, 7) is 5.52. The molecule has 2 fully saturated rings. The Morgan fingerprint density at radius 3 is 2.59 bits per heavy atom. The number of carbonyl (C=O) groups is 3. The average Bonchev–Trinajstić information content (AvgIpc) is 2.88. The first kappa shape index (κ1) is 26.7. The van der Waals surface area contributed by atoms with Gasteiger partial charge in [0.15, 0.2) is 6.61 Å². The monoisotopic (exact) mass is 513 g/mol. The summed E-state index contributed by atoms with van der Waals surface area (Å²) >= 11 is 0. The molecule has 0 unspecified atom stereocenters. The van der Waals surface area contributed by atoms with E-state index in [0.717, 1.165) is 36.6 Å². The molecule has 0 spiro atoms. The van der Waals surface area contributed by atoms with Crippen LogP contribution in [0, 0.1) is 26.7 Å². The minimum Gasteiger partial charge on any atom is -0.483 e. The van der Waals surface area contributed by atoms with Crippen molar-refractivity contribution in [2.45, 2.75) is 58.5 Å². The summed E-state index contributed by atoms with van der Waals surface area (Å²) in [5.41, 5.74) is 1.32. The summed E-state index contributed by atoms with van der Waals surface area (Å²) in [5.74, 6) is -0.697. The highest BCUT2D eigenvalue weighted by Crippen LogP contribution is 2.39. The van der Waals surface area contributed by atoms with E-state index in [2.05, 4.69) is 10.6 Å². The highest BCUT2D eigenvalue weighted by Gasteiger charge is 2.43. The number of likely N-dealkylation sites (tertiary alicyclic amines) is 1. The molecule has 3 amide bonds. The number of amides is 3. The molecule has 2 heterocycles. The molecule has 2 aromatic rings. The van der Waals surface area contributed by atoms with Gasteiger partial charge in [0.25, 0.3) is 5.91 Å². The van der Waals surface area contributed by atoms with E-state index in [1.165, 1.54) is 0 Å². The second-order valence-corrected chi connectivity index (χ2v) is 10.2. The van der Waals surface area contributed by atoms with Gasteiger partial charge in [-0.1, -0.05) is 12.8 Å². The van der Waals surface area contributed by atoms with Crippen molar-refractivity contribution < 1.29 is 28.6 Å². The number of ether oxygens (including phenoxy) is 1. The highest BCUT2D eigenvalue weighted by atomic mass is 16.5. The fourth-order valence-electron chi connectivity index (χ4n) is 5.30. The second kappa shape index (κ2) is 10.9. The maximum absolute atomic E-state index is 12.6. The Bertz CT molecular complexity index is 1270. The highest BCUT2D eigenvalue weighted by molar-refractivity contribution is 5.89. The van der Waals surface area contributed by atoms with E-state index < -0.39 is 23.0 Å². The number of aryl methyl sites for hydroxylation is 2. The number of piperidine rings is 1. The van der Waals surface area contributed by atoms with Crippen LogP contribution in [0.5, 0.6) is 5.75 Å². The van der Waals surface area contributed by atoms with Crippen molar-refractivity contribution in [1.29, 1.82) is 0 Å². The Morgan fingerprint density at radius 2 is 1.81 bits per heavy atom. The predicted octanol–water partition coefficient (Wildman–Crippen LogP) is 1.48. The number of hydrogen-bond acceptors (Lipinski definition) is 7. The number of hydrogen-bond donors (Lipinski definition) is 3. The van der Waals surface area contributed by atoms with Crippen LogP contribution in [0.3, 0.4) is 0 Å². The van der Waals surface area contributed by atoms with Crippen LogP contribution in [0.2, 0.25) is 0 Å². The van der Waals surface area contributed by atoms with Crippen LogP contribution in [0.4, 0.5) is 0 Å². The van der Waals surface area contributed by atoms with Gasteiger partial charge in [-0.25, -0.2) is 4.79 Å². The molecule has 0 bridgehead atoms. The molecule has 37 heavy (non-hydrogen) atoms. The fraction of sp³-hybridized carbons (Fsp3) is 0.556. The van der Waals surface area contributed by atoms with Crippen LogP contribution in [0.1, 0.15) is 48.8 Å². The quantitative estimate of drug-likeness (QED) is 0.477. The first-order valence-corrected chi connectivity index (χ1v) is 12.8. The van der Waals surface area contributed by atoms with Gasteiger partial charge in [0, 0.05) is 35.5 Å². The number of carbonyl (C=O) groups excluding carboxylic acids is 3. The van der Waals surface area contributed by atoms with Crippen molar-refractivity contribution in [3.63, 3.8) is 0 Å². The van der Waals surface area contributed by atoms with E-state index in [1.807, 2.05) is 6.92 Å². The normalized spacial score (nSPS) is 21.3. The summed E-state index contributed by atoms with van der Waals surface area (Å²) in [4.78, 5) is 50.7. The summed E-state index contributed by atoms with van der Waals surface area (Å²) in [6.07, 6.45) is 4.34. The van der Waals surface area contributed by atoms with Crippen LogP contribution in [0.15, 0.2) is 21.3 Å². The maximum Gasteiger partial charge on any atom is 0.339 e. The van der Waals surface area contributed by atoms with E-state index in [4.69, 9.17) is 9.15 Å². The number of benzene rings is 1. The number of aliphatic hydroxyl groups is 1. The molecule has 1 aliphatic carbocycles. The van der Waals surface area contributed by atoms with Crippen LogP contribution in [-0.2, 0) is 14.4 Å². The molecular formula is C27H35N3O7. The zero-order chi connectivity index (χ0) is 26.7. The lowest BCUT2D eigenvalue weighted by Crippen LogP contribution is -2.56. The van der Waals surface area contributed by atoms with Gasteiger partial charge in [-0.2, -0.15) is 0 Å². The average molecular weight is 514 g/mol. The molecule has 2 aliphatic rings. The van der Waals surface area contributed by atoms with Gasteiger partial charge in [0.1, 0.15) is 11.3 Å². The van der Waals surface area contributed by atoms with Gasteiger partial charge < -0.3 is 29.8 Å². The molecule has 10 nitrogen and oxygen atoms in total. The van der Waals surface area contributed by atoms with Gasteiger partial charge >= 0.3 is 5.63 Å². The predicted molar refractivity (Wildman–Crippen MR) is 136 cm³/mol. The Morgan fingerprint density at radius 1 is 1.05 bits per heavy atom. The summed E-state index contributed by atoms with van der Waals surface area (Å²) < 4.78 is 11.0. The molecular weight excluding hydrogens is 478 g/mol. The molecule has 1 aliphatic heterocycles. The molecule has 3 N–H and O–H groups in total. The van der Waals surface area contributed by atoms with Gasteiger partial charge in [-0.05, 0) is 57.7 Å². The zero-order valence-electron chi connectivity index (χ0n) is 21.6. The van der Waals surface area contributed by atoms with Crippen molar-refractivity contribution in [3.05, 3.63) is 39.2 Å². The van der Waals surface area contributed by atoms with Crippen LogP contribution >= 0.6 is 0 Å². The zero-order valence-corrected chi connectivity index (χ0v) is 21.6. The van der Waals surface area contributed by atoms with Gasteiger partial charge in [0.05, 0.1) is 18.7 Å². The van der Waals surface area contributed by atoms with E-state index >= 15 is 0 Å². The lowest BCUT2D eigenvalue weighted by molar-refractivity contribution is -0.143. The van der Waals surface area contributed by atoms with E-state index in [-0.39, 0.29) is 31.5 Å². The van der Waals surface area contributed by atoms with Crippen molar-refractivity contribution >= 4 is 28.7 Å². The second-order valence-electron chi connectivity index (χ2n) is 10.2.